The van der Waals surface area contributed by atoms with Crippen molar-refractivity contribution in [3.05, 3.63) is 77.0 Å². The van der Waals surface area contributed by atoms with Gasteiger partial charge in [0.2, 0.25) is 0 Å². The summed E-state index contributed by atoms with van der Waals surface area (Å²) in [4.78, 5) is 23.6. The van der Waals surface area contributed by atoms with Crippen molar-refractivity contribution in [2.24, 2.45) is 10.9 Å². The molecule has 0 bridgehead atoms. The van der Waals surface area contributed by atoms with Gasteiger partial charge in [-0.3, -0.25) is 9.79 Å². The smallest absolute Gasteiger partial charge is 0.255 e. The van der Waals surface area contributed by atoms with Gasteiger partial charge in [-0.2, -0.15) is 0 Å². The number of allylic oxidation sites excluding steroid dienone is 2. The van der Waals surface area contributed by atoms with Crippen molar-refractivity contribution >= 4 is 23.3 Å². The van der Waals surface area contributed by atoms with Gasteiger partial charge in [0.05, 0.1) is 36.9 Å². The zero-order chi connectivity index (χ0) is 31.8. The molecule has 1 saturated carbocycles. The number of halogens is 1. The van der Waals surface area contributed by atoms with E-state index in [-0.39, 0.29) is 23.0 Å². The normalized spacial score (nSPS) is 19.2. The molecule has 2 heterocycles. The number of nitrogens with one attached hydrogen (secondary N) is 1. The van der Waals surface area contributed by atoms with E-state index < -0.39 is 0 Å². The van der Waals surface area contributed by atoms with Gasteiger partial charge in [-0.15, -0.1) is 0 Å². The SMILES string of the molecule is COc1ccccc1CC1C(CN(CCC(C)C)C(=O)c2ccc(OC)c(OCCNC3CCCC3)c2Cl)N=C2C=CC=CN21. The minimum atomic E-state index is -0.150. The number of ether oxygens (including phenoxy) is 3. The van der Waals surface area contributed by atoms with Crippen LogP contribution in [0.5, 0.6) is 17.2 Å². The molecule has 2 aliphatic heterocycles. The summed E-state index contributed by atoms with van der Waals surface area (Å²) in [6.45, 7) is 6.53. The predicted octanol–water partition coefficient (Wildman–Crippen LogP) is 6.53. The third-order valence-corrected chi connectivity index (χ3v) is 9.28. The van der Waals surface area contributed by atoms with E-state index >= 15 is 0 Å². The van der Waals surface area contributed by atoms with E-state index in [4.69, 9.17) is 30.8 Å². The van der Waals surface area contributed by atoms with Crippen molar-refractivity contribution in [3.63, 3.8) is 0 Å². The zero-order valence-electron chi connectivity index (χ0n) is 27.0. The zero-order valence-corrected chi connectivity index (χ0v) is 27.8. The van der Waals surface area contributed by atoms with Gasteiger partial charge in [-0.05, 0) is 67.5 Å². The Labute approximate surface area is 273 Å². The third kappa shape index (κ3) is 8.03. The average Bonchev–Trinajstić information content (AvgIpc) is 3.69. The van der Waals surface area contributed by atoms with Crippen LogP contribution in [0, 0.1) is 5.92 Å². The number of hydrogen-bond donors (Lipinski definition) is 1. The Hall–Kier alpha value is -3.49. The standard InChI is InChI=1S/C36H47ClN4O4/c1-25(2)18-21-40(24-29-30(41-20-10-9-15-33(41)39-29)23-26-11-5-8-14-31(26)43-3)36(42)28-16-17-32(44-4)35(34(28)37)45-22-19-38-27-12-6-7-13-27/h5,8-11,14-17,20,25,27,29-30,38H,6-7,12-13,18-19,21-24H2,1-4H3. The lowest BCUT2D eigenvalue weighted by atomic mass is 9.97. The number of carbonyl (C=O) groups excluding carboxylic acids is 1. The monoisotopic (exact) mass is 634 g/mol. The first-order valence-corrected chi connectivity index (χ1v) is 16.6. The average molecular weight is 635 g/mol. The Morgan fingerprint density at radius 3 is 2.62 bits per heavy atom. The van der Waals surface area contributed by atoms with Crippen molar-refractivity contribution in [2.45, 2.75) is 70.5 Å². The van der Waals surface area contributed by atoms with E-state index in [1.165, 1.54) is 25.7 Å². The van der Waals surface area contributed by atoms with Crippen molar-refractivity contribution in [3.8, 4) is 17.2 Å². The van der Waals surface area contributed by atoms with E-state index in [0.29, 0.717) is 55.3 Å². The number of aliphatic imine (C=N–C) groups is 1. The van der Waals surface area contributed by atoms with Gasteiger partial charge in [0.15, 0.2) is 11.5 Å². The lowest BCUT2D eigenvalue weighted by Gasteiger charge is -2.32. The van der Waals surface area contributed by atoms with Crippen LogP contribution in [0.25, 0.3) is 0 Å². The van der Waals surface area contributed by atoms with Crippen LogP contribution < -0.4 is 19.5 Å². The van der Waals surface area contributed by atoms with Gasteiger partial charge < -0.3 is 29.3 Å². The maximum atomic E-state index is 14.3. The quantitative estimate of drug-likeness (QED) is 0.225. The molecule has 0 radical (unpaired) electrons. The molecule has 9 heteroatoms. The van der Waals surface area contributed by atoms with Gasteiger partial charge in [-0.1, -0.05) is 62.6 Å². The molecule has 1 N–H and O–H groups in total. The molecule has 2 aromatic rings. The molecule has 2 unspecified atom stereocenters. The van der Waals surface area contributed by atoms with E-state index in [2.05, 4.69) is 36.3 Å². The number of hydrogen-bond acceptors (Lipinski definition) is 7. The van der Waals surface area contributed by atoms with Crippen molar-refractivity contribution in [2.75, 3.05) is 40.5 Å². The van der Waals surface area contributed by atoms with Crippen molar-refractivity contribution in [1.82, 2.24) is 15.1 Å². The molecule has 1 amide bonds. The summed E-state index contributed by atoms with van der Waals surface area (Å²) in [5.74, 6) is 2.97. The molecule has 2 atom stereocenters. The number of amides is 1. The molecule has 0 saturated heterocycles. The van der Waals surface area contributed by atoms with Crippen LogP contribution >= 0.6 is 11.6 Å². The van der Waals surface area contributed by atoms with Crippen LogP contribution in [0.1, 0.15) is 61.9 Å². The summed E-state index contributed by atoms with van der Waals surface area (Å²) in [6.07, 6.45) is 14.7. The molecule has 242 valence electrons. The molecule has 1 fully saturated rings. The lowest BCUT2D eigenvalue weighted by molar-refractivity contribution is 0.0729. The summed E-state index contributed by atoms with van der Waals surface area (Å²) in [7, 11) is 3.29. The van der Waals surface area contributed by atoms with Gasteiger partial charge in [-0.25, -0.2) is 0 Å². The molecule has 1 aliphatic carbocycles. The largest absolute Gasteiger partial charge is 0.496 e. The number of methoxy groups -OCH3 is 2. The number of para-hydroxylation sites is 1. The topological polar surface area (TPSA) is 75.6 Å². The first-order chi connectivity index (χ1) is 21.9. The van der Waals surface area contributed by atoms with Crippen LogP contribution in [-0.2, 0) is 6.42 Å². The van der Waals surface area contributed by atoms with Crippen LogP contribution in [0.4, 0.5) is 0 Å². The van der Waals surface area contributed by atoms with Gasteiger partial charge in [0.25, 0.3) is 5.91 Å². The Kier molecular flexibility index (Phi) is 11.5. The molecule has 45 heavy (non-hydrogen) atoms. The number of carbonyl (C=O) groups is 1. The van der Waals surface area contributed by atoms with Crippen LogP contribution in [0.2, 0.25) is 5.02 Å². The highest BCUT2D eigenvalue weighted by atomic mass is 35.5. The fraction of sp³-hybridized carbons (Fsp3) is 0.500. The number of nitrogens with zero attached hydrogens (tertiary/aromatic N) is 3. The molecular formula is C36H47ClN4O4. The Bertz CT molecular complexity index is 1400. The highest BCUT2D eigenvalue weighted by Gasteiger charge is 2.37. The maximum absolute atomic E-state index is 14.3. The Balaban J connectivity index is 1.38. The molecule has 5 rings (SSSR count). The number of benzene rings is 2. The minimum absolute atomic E-state index is 0.0180. The fourth-order valence-electron chi connectivity index (χ4n) is 6.40. The highest BCUT2D eigenvalue weighted by molar-refractivity contribution is 6.35. The molecule has 2 aromatic carbocycles. The summed E-state index contributed by atoms with van der Waals surface area (Å²) < 4.78 is 17.4. The second-order valence-corrected chi connectivity index (χ2v) is 12.8. The Morgan fingerprint density at radius 1 is 1.09 bits per heavy atom. The number of fused-ring (bicyclic) bond motifs is 1. The minimum Gasteiger partial charge on any atom is -0.496 e. The fourth-order valence-corrected chi connectivity index (χ4v) is 6.69. The van der Waals surface area contributed by atoms with E-state index in [1.54, 1.807) is 26.4 Å². The summed E-state index contributed by atoms with van der Waals surface area (Å²) >= 11 is 6.95. The van der Waals surface area contributed by atoms with E-state index in [0.717, 1.165) is 30.0 Å². The predicted molar refractivity (Wildman–Crippen MR) is 181 cm³/mol. The van der Waals surface area contributed by atoms with Crippen LogP contribution in [0.15, 0.2) is 65.8 Å². The summed E-state index contributed by atoms with van der Waals surface area (Å²) in [5.41, 5.74) is 1.52. The second kappa shape index (κ2) is 15.7. The van der Waals surface area contributed by atoms with E-state index in [1.807, 2.05) is 41.3 Å². The van der Waals surface area contributed by atoms with Gasteiger partial charge in [0.1, 0.15) is 18.2 Å². The molecule has 3 aliphatic rings. The molecule has 0 spiro atoms. The summed E-state index contributed by atoms with van der Waals surface area (Å²) in [6, 6.07) is 12.0. The maximum Gasteiger partial charge on any atom is 0.255 e. The lowest BCUT2D eigenvalue weighted by Crippen LogP contribution is -2.45. The highest BCUT2D eigenvalue weighted by Crippen LogP contribution is 2.38. The second-order valence-electron chi connectivity index (χ2n) is 12.4. The molecule has 8 nitrogen and oxygen atoms in total. The molecular weight excluding hydrogens is 588 g/mol. The van der Waals surface area contributed by atoms with Crippen LogP contribution in [0.3, 0.4) is 0 Å². The third-order valence-electron chi connectivity index (χ3n) is 8.91. The van der Waals surface area contributed by atoms with Crippen molar-refractivity contribution < 1.29 is 19.0 Å². The van der Waals surface area contributed by atoms with Gasteiger partial charge >= 0.3 is 0 Å². The first kappa shape index (κ1) is 32.9. The van der Waals surface area contributed by atoms with Crippen LogP contribution in [-0.4, -0.2) is 80.1 Å². The van der Waals surface area contributed by atoms with Crippen molar-refractivity contribution in [1.29, 1.82) is 0 Å². The number of rotatable bonds is 15. The Morgan fingerprint density at radius 2 is 1.87 bits per heavy atom. The van der Waals surface area contributed by atoms with E-state index in [9.17, 15) is 4.79 Å². The van der Waals surface area contributed by atoms with Gasteiger partial charge in [0, 0.05) is 31.9 Å². The first-order valence-electron chi connectivity index (χ1n) is 16.2. The number of amidine groups is 1. The molecule has 0 aromatic heterocycles. The summed E-state index contributed by atoms with van der Waals surface area (Å²) in [5, 5.41) is 3.84.